The zero-order valence-corrected chi connectivity index (χ0v) is 13.6. The third-order valence-corrected chi connectivity index (χ3v) is 5.09. The Kier molecular flexibility index (Phi) is 4.16. The molecular weight excluding hydrogens is 308 g/mol. The minimum absolute atomic E-state index is 0.256. The number of hydrogen-bond donors (Lipinski definition) is 2. The van der Waals surface area contributed by atoms with Gasteiger partial charge in [-0.1, -0.05) is 11.6 Å². The molecule has 4 nitrogen and oxygen atoms in total. The van der Waals surface area contributed by atoms with Crippen LogP contribution >= 0.6 is 11.6 Å². The van der Waals surface area contributed by atoms with Gasteiger partial charge in [0.2, 0.25) is 0 Å². The lowest BCUT2D eigenvalue weighted by Gasteiger charge is -2.15. The van der Waals surface area contributed by atoms with Crippen LogP contribution in [0.25, 0.3) is 0 Å². The summed E-state index contributed by atoms with van der Waals surface area (Å²) in [4.78, 5) is 0.256. The summed E-state index contributed by atoms with van der Waals surface area (Å²) < 4.78 is 27.8. The fraction of sp³-hybridized carbons (Fsp3) is 0.200. The van der Waals surface area contributed by atoms with Crippen molar-refractivity contribution in [1.82, 2.24) is 0 Å². The van der Waals surface area contributed by atoms with Gasteiger partial charge in [0.05, 0.1) is 10.6 Å². The third-order valence-electron chi connectivity index (χ3n) is 3.18. The topological polar surface area (TPSA) is 72.2 Å². The zero-order chi connectivity index (χ0) is 15.8. The molecule has 0 saturated heterocycles. The van der Waals surface area contributed by atoms with E-state index in [-0.39, 0.29) is 4.90 Å². The van der Waals surface area contributed by atoms with Crippen molar-refractivity contribution < 1.29 is 8.42 Å². The highest BCUT2D eigenvalue weighted by Gasteiger charge is 2.20. The first-order valence-corrected chi connectivity index (χ1v) is 8.22. The number of nitrogens with two attached hydrogens (primary N) is 1. The van der Waals surface area contributed by atoms with Gasteiger partial charge in [-0.25, -0.2) is 8.42 Å². The minimum Gasteiger partial charge on any atom is -0.399 e. The van der Waals surface area contributed by atoms with Crippen LogP contribution in [0.5, 0.6) is 0 Å². The Labute approximate surface area is 130 Å². The van der Waals surface area contributed by atoms with Crippen LogP contribution in [-0.2, 0) is 10.0 Å². The summed E-state index contributed by atoms with van der Waals surface area (Å²) in [6.07, 6.45) is 0. The quantitative estimate of drug-likeness (QED) is 0.846. The van der Waals surface area contributed by atoms with Crippen molar-refractivity contribution in [3.63, 3.8) is 0 Å². The average molecular weight is 325 g/mol. The molecule has 3 N–H and O–H groups in total. The van der Waals surface area contributed by atoms with Crippen molar-refractivity contribution >= 4 is 33.0 Å². The van der Waals surface area contributed by atoms with Crippen LogP contribution in [0.2, 0.25) is 5.02 Å². The molecule has 2 aromatic rings. The molecule has 112 valence electrons. The molecule has 0 aliphatic carbocycles. The molecule has 0 amide bonds. The van der Waals surface area contributed by atoms with Gasteiger partial charge >= 0.3 is 0 Å². The van der Waals surface area contributed by atoms with Gasteiger partial charge in [0.15, 0.2) is 0 Å². The average Bonchev–Trinajstić information content (AvgIpc) is 2.30. The summed E-state index contributed by atoms with van der Waals surface area (Å²) in [6.45, 7) is 5.26. The van der Waals surface area contributed by atoms with Crippen molar-refractivity contribution in [2.75, 3.05) is 10.5 Å². The van der Waals surface area contributed by atoms with Crippen LogP contribution < -0.4 is 10.5 Å². The molecule has 21 heavy (non-hydrogen) atoms. The van der Waals surface area contributed by atoms with Gasteiger partial charge < -0.3 is 5.73 Å². The van der Waals surface area contributed by atoms with Gasteiger partial charge in [-0.15, -0.1) is 0 Å². The predicted octanol–water partition coefficient (Wildman–Crippen LogP) is 3.65. The second-order valence-electron chi connectivity index (χ2n) is 5.05. The minimum atomic E-state index is -3.68. The number of rotatable bonds is 3. The first kappa shape index (κ1) is 15.7. The molecule has 0 aromatic heterocycles. The van der Waals surface area contributed by atoms with E-state index in [1.807, 2.05) is 0 Å². The van der Waals surface area contributed by atoms with Crippen molar-refractivity contribution in [1.29, 1.82) is 0 Å². The fourth-order valence-corrected chi connectivity index (χ4v) is 4.16. The number of halogens is 1. The summed E-state index contributed by atoms with van der Waals surface area (Å²) >= 11 is 5.88. The van der Waals surface area contributed by atoms with Crippen LogP contribution in [0, 0.1) is 20.8 Å². The van der Waals surface area contributed by atoms with Crippen LogP contribution in [0.1, 0.15) is 16.7 Å². The highest BCUT2D eigenvalue weighted by atomic mass is 35.5. The molecule has 6 heteroatoms. The Morgan fingerprint density at radius 3 is 2.10 bits per heavy atom. The van der Waals surface area contributed by atoms with Crippen molar-refractivity contribution in [3.05, 3.63) is 52.0 Å². The lowest BCUT2D eigenvalue weighted by Crippen LogP contribution is -2.16. The second-order valence-corrected chi connectivity index (χ2v) is 7.10. The van der Waals surface area contributed by atoms with Crippen molar-refractivity contribution in [2.24, 2.45) is 0 Å². The summed E-state index contributed by atoms with van der Waals surface area (Å²) in [5.74, 6) is 0. The van der Waals surface area contributed by atoms with E-state index in [0.717, 1.165) is 5.56 Å². The number of anilines is 2. The predicted molar refractivity (Wildman–Crippen MR) is 87.3 cm³/mol. The van der Waals surface area contributed by atoms with Crippen molar-refractivity contribution in [2.45, 2.75) is 25.7 Å². The van der Waals surface area contributed by atoms with E-state index in [4.69, 9.17) is 17.3 Å². The molecule has 2 rings (SSSR count). The molecule has 0 bridgehead atoms. The van der Waals surface area contributed by atoms with E-state index >= 15 is 0 Å². The number of sulfonamides is 1. The first-order valence-electron chi connectivity index (χ1n) is 6.36. The summed E-state index contributed by atoms with van der Waals surface area (Å²) in [6, 6.07) is 8.31. The number of nitrogen functional groups attached to an aromatic ring is 1. The maximum absolute atomic E-state index is 12.6. The molecule has 0 saturated carbocycles. The molecule has 0 fully saturated rings. The number of benzene rings is 2. The van der Waals surface area contributed by atoms with Crippen LogP contribution in [0.3, 0.4) is 0 Å². The Morgan fingerprint density at radius 1 is 1.00 bits per heavy atom. The molecule has 0 spiro atoms. The fourth-order valence-electron chi connectivity index (χ4n) is 2.35. The van der Waals surface area contributed by atoms with E-state index in [1.165, 1.54) is 0 Å². The molecule has 0 heterocycles. The van der Waals surface area contributed by atoms with Crippen molar-refractivity contribution in [3.8, 4) is 0 Å². The number of hydrogen-bond acceptors (Lipinski definition) is 3. The third kappa shape index (κ3) is 3.31. The molecule has 0 aliphatic heterocycles. The van der Waals surface area contributed by atoms with E-state index < -0.39 is 10.0 Å². The Morgan fingerprint density at radius 2 is 1.57 bits per heavy atom. The Balaban J connectivity index is 2.48. The largest absolute Gasteiger partial charge is 0.399 e. The molecule has 0 radical (unpaired) electrons. The smallest absolute Gasteiger partial charge is 0.262 e. The SMILES string of the molecule is Cc1cc(Cl)ccc1NS(=O)(=O)c1c(C)cc(N)cc1C. The monoisotopic (exact) mass is 324 g/mol. The lowest BCUT2D eigenvalue weighted by molar-refractivity contribution is 0.600. The standard InChI is InChI=1S/C15H17ClN2O2S/c1-9-6-12(16)4-5-14(9)18-21(19,20)15-10(2)7-13(17)8-11(15)3/h4-8,18H,17H2,1-3H3. The van der Waals surface area contributed by atoms with Gasteiger partial charge in [0, 0.05) is 10.7 Å². The van der Waals surface area contributed by atoms with Crippen LogP contribution in [-0.4, -0.2) is 8.42 Å². The maximum atomic E-state index is 12.6. The highest BCUT2D eigenvalue weighted by molar-refractivity contribution is 7.92. The van der Waals surface area contributed by atoms with Gasteiger partial charge in [-0.05, 0) is 67.8 Å². The normalized spacial score (nSPS) is 11.4. The molecule has 0 atom stereocenters. The molecular formula is C15H17ClN2O2S. The Hall–Kier alpha value is -1.72. The van der Waals surface area contributed by atoms with E-state index in [1.54, 1.807) is 51.1 Å². The zero-order valence-electron chi connectivity index (χ0n) is 12.1. The molecule has 2 aromatic carbocycles. The Bertz CT molecular complexity index is 778. The van der Waals surface area contributed by atoms with Crippen LogP contribution in [0.4, 0.5) is 11.4 Å². The van der Waals surface area contributed by atoms with Gasteiger partial charge in [-0.3, -0.25) is 4.72 Å². The molecule has 0 aliphatic rings. The first-order chi connectivity index (χ1) is 9.70. The summed E-state index contributed by atoms with van der Waals surface area (Å²) in [5, 5.41) is 0.565. The van der Waals surface area contributed by atoms with Crippen LogP contribution in [0.15, 0.2) is 35.2 Å². The second kappa shape index (κ2) is 5.58. The van der Waals surface area contributed by atoms with E-state index in [9.17, 15) is 8.42 Å². The summed E-state index contributed by atoms with van der Waals surface area (Å²) in [7, 11) is -3.68. The van der Waals surface area contributed by atoms with Gasteiger partial charge in [-0.2, -0.15) is 0 Å². The van der Waals surface area contributed by atoms with E-state index in [2.05, 4.69) is 4.72 Å². The molecule has 0 unspecified atom stereocenters. The maximum Gasteiger partial charge on any atom is 0.262 e. The van der Waals surface area contributed by atoms with E-state index in [0.29, 0.717) is 27.5 Å². The van der Waals surface area contributed by atoms with Gasteiger partial charge in [0.25, 0.3) is 10.0 Å². The summed E-state index contributed by atoms with van der Waals surface area (Å²) in [5.41, 5.74) is 8.79. The van der Waals surface area contributed by atoms with Gasteiger partial charge in [0.1, 0.15) is 0 Å². The number of nitrogens with one attached hydrogen (secondary N) is 1. The lowest BCUT2D eigenvalue weighted by atomic mass is 10.1. The number of aryl methyl sites for hydroxylation is 3. The highest BCUT2D eigenvalue weighted by Crippen LogP contribution is 2.27.